The highest BCUT2D eigenvalue weighted by molar-refractivity contribution is 5.89. The molecule has 2 aromatic carbocycles. The zero-order valence-corrected chi connectivity index (χ0v) is 14.6. The van der Waals surface area contributed by atoms with Gasteiger partial charge >= 0.3 is 5.97 Å². The number of benzene rings is 2. The van der Waals surface area contributed by atoms with Crippen molar-refractivity contribution in [2.24, 2.45) is 0 Å². The molecule has 7 heteroatoms. The molecule has 134 valence electrons. The van der Waals surface area contributed by atoms with Crippen LogP contribution >= 0.6 is 0 Å². The molecule has 3 aromatic rings. The molecule has 3 rings (SSSR count). The van der Waals surface area contributed by atoms with Crippen LogP contribution in [-0.4, -0.2) is 29.8 Å². The molecule has 0 saturated carbocycles. The van der Waals surface area contributed by atoms with Gasteiger partial charge in [0.05, 0.1) is 25.8 Å². The molecule has 1 aromatic heterocycles. The molecule has 26 heavy (non-hydrogen) atoms. The van der Waals surface area contributed by atoms with Crippen LogP contribution in [0.3, 0.4) is 0 Å². The van der Waals surface area contributed by atoms with E-state index in [1.165, 1.54) is 7.11 Å². The van der Waals surface area contributed by atoms with Gasteiger partial charge in [0.1, 0.15) is 5.75 Å². The van der Waals surface area contributed by atoms with Crippen molar-refractivity contribution in [3.05, 3.63) is 60.0 Å². The van der Waals surface area contributed by atoms with E-state index in [-0.39, 0.29) is 5.97 Å². The molecular formula is C19H19N3O4. The number of aromatic nitrogens is 2. The quantitative estimate of drug-likeness (QED) is 0.650. The average molecular weight is 353 g/mol. The Labute approximate surface area is 150 Å². The maximum absolute atomic E-state index is 11.4. The van der Waals surface area contributed by atoms with Gasteiger partial charge in [0.2, 0.25) is 11.7 Å². The molecule has 0 unspecified atom stereocenters. The second-order valence-corrected chi connectivity index (χ2v) is 5.39. The van der Waals surface area contributed by atoms with Gasteiger partial charge in [-0.05, 0) is 55.5 Å². The first-order chi connectivity index (χ1) is 12.7. The molecule has 0 fully saturated rings. The summed E-state index contributed by atoms with van der Waals surface area (Å²) >= 11 is 0. The van der Waals surface area contributed by atoms with Crippen molar-refractivity contribution in [2.75, 3.05) is 19.0 Å². The third kappa shape index (κ3) is 4.18. The topological polar surface area (TPSA) is 86.5 Å². The van der Waals surface area contributed by atoms with Gasteiger partial charge in [-0.2, -0.15) is 4.98 Å². The lowest BCUT2D eigenvalue weighted by atomic mass is 10.2. The Kier molecular flexibility index (Phi) is 5.48. The highest BCUT2D eigenvalue weighted by Gasteiger charge is 2.09. The van der Waals surface area contributed by atoms with Gasteiger partial charge in [-0.25, -0.2) is 4.79 Å². The predicted octanol–water partition coefficient (Wildman–Crippen LogP) is 3.53. The fourth-order valence-corrected chi connectivity index (χ4v) is 2.33. The zero-order chi connectivity index (χ0) is 18.4. The second-order valence-electron chi connectivity index (χ2n) is 5.39. The van der Waals surface area contributed by atoms with E-state index >= 15 is 0 Å². The van der Waals surface area contributed by atoms with E-state index < -0.39 is 0 Å². The minimum Gasteiger partial charge on any atom is -0.494 e. The molecule has 1 N–H and O–H groups in total. The van der Waals surface area contributed by atoms with Crippen LogP contribution < -0.4 is 10.1 Å². The minimum absolute atomic E-state index is 0.367. The monoisotopic (exact) mass is 353 g/mol. The molecule has 0 aliphatic carbocycles. The lowest BCUT2D eigenvalue weighted by Crippen LogP contribution is -2.03. The third-order valence-electron chi connectivity index (χ3n) is 3.64. The number of nitrogens with zero attached hydrogens (tertiary/aromatic N) is 2. The number of rotatable bonds is 7. The van der Waals surface area contributed by atoms with E-state index in [2.05, 4.69) is 20.2 Å². The van der Waals surface area contributed by atoms with Crippen molar-refractivity contribution in [1.29, 1.82) is 0 Å². The van der Waals surface area contributed by atoms with Crippen LogP contribution in [0.1, 0.15) is 23.2 Å². The minimum atomic E-state index is -0.367. The maximum atomic E-state index is 11.4. The van der Waals surface area contributed by atoms with Gasteiger partial charge in [-0.1, -0.05) is 5.16 Å². The Balaban J connectivity index is 1.60. The number of hydrogen-bond acceptors (Lipinski definition) is 7. The third-order valence-corrected chi connectivity index (χ3v) is 3.64. The van der Waals surface area contributed by atoms with Crippen molar-refractivity contribution in [1.82, 2.24) is 10.1 Å². The molecule has 0 spiro atoms. The summed E-state index contributed by atoms with van der Waals surface area (Å²) in [6.45, 7) is 2.94. The summed E-state index contributed by atoms with van der Waals surface area (Å²) in [5.74, 6) is 1.42. The van der Waals surface area contributed by atoms with Crippen LogP contribution in [-0.2, 0) is 11.3 Å². The lowest BCUT2D eigenvalue weighted by Gasteiger charge is -2.04. The molecule has 7 nitrogen and oxygen atoms in total. The van der Waals surface area contributed by atoms with Gasteiger partial charge in [-0.15, -0.1) is 0 Å². The van der Waals surface area contributed by atoms with Crippen LogP contribution in [0.2, 0.25) is 0 Å². The average Bonchev–Trinajstić information content (AvgIpc) is 3.16. The van der Waals surface area contributed by atoms with Crippen LogP contribution in [0, 0.1) is 0 Å². The Morgan fingerprint density at radius 2 is 1.85 bits per heavy atom. The molecular weight excluding hydrogens is 334 g/mol. The van der Waals surface area contributed by atoms with Gasteiger partial charge < -0.3 is 19.3 Å². The van der Waals surface area contributed by atoms with Gasteiger partial charge in [0.15, 0.2) is 0 Å². The van der Waals surface area contributed by atoms with Gasteiger partial charge in [-0.3, -0.25) is 0 Å². The number of methoxy groups -OCH3 is 1. The van der Waals surface area contributed by atoms with E-state index in [1.54, 1.807) is 24.3 Å². The first-order valence-electron chi connectivity index (χ1n) is 8.17. The zero-order valence-electron chi connectivity index (χ0n) is 14.6. The van der Waals surface area contributed by atoms with Crippen molar-refractivity contribution >= 4 is 11.7 Å². The summed E-state index contributed by atoms with van der Waals surface area (Å²) in [4.78, 5) is 15.8. The Morgan fingerprint density at radius 1 is 1.12 bits per heavy atom. The Hall–Kier alpha value is -3.35. The predicted molar refractivity (Wildman–Crippen MR) is 96.0 cm³/mol. The van der Waals surface area contributed by atoms with Crippen LogP contribution in [0.4, 0.5) is 5.69 Å². The fourth-order valence-electron chi connectivity index (χ4n) is 2.33. The number of nitrogens with one attached hydrogen (secondary N) is 1. The van der Waals surface area contributed by atoms with Crippen LogP contribution in [0.5, 0.6) is 5.75 Å². The van der Waals surface area contributed by atoms with Crippen molar-refractivity contribution in [3.8, 4) is 17.1 Å². The van der Waals surface area contributed by atoms with Gasteiger partial charge in [0, 0.05) is 11.3 Å². The number of carbonyl (C=O) groups is 1. The van der Waals surface area contributed by atoms with Gasteiger partial charge in [0.25, 0.3) is 0 Å². The van der Waals surface area contributed by atoms with E-state index in [0.29, 0.717) is 30.4 Å². The normalized spacial score (nSPS) is 10.4. The van der Waals surface area contributed by atoms with E-state index in [0.717, 1.165) is 17.0 Å². The number of anilines is 1. The lowest BCUT2D eigenvalue weighted by molar-refractivity contribution is 0.0601. The van der Waals surface area contributed by atoms with E-state index in [9.17, 15) is 4.79 Å². The summed E-state index contributed by atoms with van der Waals surface area (Å²) in [6.07, 6.45) is 0. The van der Waals surface area contributed by atoms with E-state index in [1.807, 2.05) is 31.2 Å². The summed E-state index contributed by atoms with van der Waals surface area (Å²) < 4.78 is 15.4. The smallest absolute Gasteiger partial charge is 0.337 e. The highest BCUT2D eigenvalue weighted by atomic mass is 16.5. The van der Waals surface area contributed by atoms with Crippen molar-refractivity contribution in [2.45, 2.75) is 13.5 Å². The standard InChI is InChI=1S/C19H19N3O4/c1-3-25-16-10-6-13(7-11-16)18-21-17(26-22-18)12-20-15-8-4-14(5-9-15)19(23)24-2/h4-11,20H,3,12H2,1-2H3. The first kappa shape index (κ1) is 17.5. The van der Waals surface area contributed by atoms with Crippen molar-refractivity contribution < 1.29 is 18.8 Å². The number of esters is 1. The largest absolute Gasteiger partial charge is 0.494 e. The number of ether oxygens (including phenoxy) is 2. The summed E-state index contributed by atoms with van der Waals surface area (Å²) in [6, 6.07) is 14.5. The molecule has 0 atom stereocenters. The molecule has 0 aliphatic heterocycles. The first-order valence-corrected chi connectivity index (χ1v) is 8.17. The molecule has 0 bridgehead atoms. The molecule has 0 amide bonds. The molecule has 0 radical (unpaired) electrons. The summed E-state index contributed by atoms with van der Waals surface area (Å²) in [5.41, 5.74) is 2.18. The highest BCUT2D eigenvalue weighted by Crippen LogP contribution is 2.20. The molecule has 0 saturated heterocycles. The summed E-state index contributed by atoms with van der Waals surface area (Å²) in [5, 5.41) is 7.16. The fraction of sp³-hybridized carbons (Fsp3) is 0.211. The van der Waals surface area contributed by atoms with Crippen LogP contribution in [0.25, 0.3) is 11.4 Å². The summed E-state index contributed by atoms with van der Waals surface area (Å²) in [7, 11) is 1.35. The second kappa shape index (κ2) is 8.15. The maximum Gasteiger partial charge on any atom is 0.337 e. The number of hydrogen-bond donors (Lipinski definition) is 1. The molecule has 1 heterocycles. The molecule has 0 aliphatic rings. The number of carbonyl (C=O) groups excluding carboxylic acids is 1. The van der Waals surface area contributed by atoms with E-state index in [4.69, 9.17) is 9.26 Å². The Morgan fingerprint density at radius 3 is 2.50 bits per heavy atom. The SMILES string of the molecule is CCOc1ccc(-c2noc(CNc3ccc(C(=O)OC)cc3)n2)cc1. The van der Waals surface area contributed by atoms with Crippen LogP contribution in [0.15, 0.2) is 53.1 Å². The van der Waals surface area contributed by atoms with Crippen molar-refractivity contribution in [3.63, 3.8) is 0 Å². The Bertz CT molecular complexity index is 857.